The summed E-state index contributed by atoms with van der Waals surface area (Å²) in [6.45, 7) is 0.0419. The molecule has 182 valence electrons. The summed E-state index contributed by atoms with van der Waals surface area (Å²) in [6, 6.07) is 13.6. The second-order valence-electron chi connectivity index (χ2n) is 7.78. The van der Waals surface area contributed by atoms with Crippen molar-refractivity contribution in [2.45, 2.75) is 11.4 Å². The third-order valence-electron chi connectivity index (χ3n) is 5.20. The van der Waals surface area contributed by atoms with Crippen LogP contribution in [0.3, 0.4) is 0 Å². The molecule has 10 nitrogen and oxygen atoms in total. The van der Waals surface area contributed by atoms with Crippen LogP contribution in [0.5, 0.6) is 0 Å². The summed E-state index contributed by atoms with van der Waals surface area (Å²) < 4.78 is 50.5. The van der Waals surface area contributed by atoms with E-state index < -0.39 is 31.5 Å². The van der Waals surface area contributed by atoms with Gasteiger partial charge in [0, 0.05) is 39.8 Å². The van der Waals surface area contributed by atoms with Crippen LogP contribution in [-0.4, -0.2) is 38.5 Å². The first-order valence-corrected chi connectivity index (χ1v) is 13.8. The molecule has 0 atom stereocenters. The van der Waals surface area contributed by atoms with Crippen LogP contribution >= 0.6 is 11.6 Å². The van der Waals surface area contributed by atoms with Crippen molar-refractivity contribution in [3.63, 3.8) is 0 Å². The van der Waals surface area contributed by atoms with E-state index in [0.717, 1.165) is 6.26 Å². The molecule has 2 aromatic carbocycles. The molecule has 0 fully saturated rings. The van der Waals surface area contributed by atoms with Gasteiger partial charge in [-0.2, -0.15) is 0 Å². The Kier molecular flexibility index (Phi) is 6.32. The molecule has 0 radical (unpaired) electrons. The summed E-state index contributed by atoms with van der Waals surface area (Å²) in [6.07, 6.45) is 2.27. The Hall–Kier alpha value is -3.45. The number of amides is 1. The van der Waals surface area contributed by atoms with Gasteiger partial charge in [-0.3, -0.25) is 9.59 Å². The molecule has 2 heterocycles. The van der Waals surface area contributed by atoms with Gasteiger partial charge in [0.15, 0.2) is 0 Å². The van der Waals surface area contributed by atoms with Crippen molar-refractivity contribution in [1.29, 1.82) is 0 Å². The van der Waals surface area contributed by atoms with Gasteiger partial charge in [-0.15, -0.1) is 0 Å². The van der Waals surface area contributed by atoms with Gasteiger partial charge in [0.05, 0.1) is 11.2 Å². The van der Waals surface area contributed by atoms with Crippen molar-refractivity contribution in [2.75, 3.05) is 6.26 Å². The minimum Gasteiger partial charge on any atom is -0.331 e. The Morgan fingerprint density at radius 1 is 1.09 bits per heavy atom. The summed E-state index contributed by atoms with van der Waals surface area (Å²) in [7, 11) is -7.84. The number of hydrogen-bond acceptors (Lipinski definition) is 6. The lowest BCUT2D eigenvalue weighted by Gasteiger charge is -2.13. The molecule has 0 unspecified atom stereocenters. The van der Waals surface area contributed by atoms with E-state index in [1.54, 1.807) is 28.8 Å². The number of nitrogens with two attached hydrogens (primary N) is 1. The van der Waals surface area contributed by atoms with Crippen LogP contribution in [0.1, 0.15) is 16.1 Å². The largest absolute Gasteiger partial charge is 0.331 e. The lowest BCUT2D eigenvalue weighted by atomic mass is 10.0. The zero-order valence-corrected chi connectivity index (χ0v) is 20.5. The number of halogens is 1. The highest BCUT2D eigenvalue weighted by Gasteiger charge is 2.27. The van der Waals surface area contributed by atoms with Crippen LogP contribution in [0.15, 0.2) is 70.5 Å². The van der Waals surface area contributed by atoms with Crippen molar-refractivity contribution in [1.82, 2.24) is 14.3 Å². The van der Waals surface area contributed by atoms with Crippen LogP contribution in [0.25, 0.3) is 22.0 Å². The molecular weight excluding hydrogens is 516 g/mol. The number of sulfonamides is 2. The smallest absolute Gasteiger partial charge is 0.282 e. The Balaban J connectivity index is 2.02. The molecule has 0 saturated heterocycles. The topological polar surface area (TPSA) is 161 Å². The first-order valence-electron chi connectivity index (χ1n) is 9.99. The molecule has 1 amide bonds. The van der Waals surface area contributed by atoms with Gasteiger partial charge in [-0.05, 0) is 48.0 Å². The molecule has 0 aliphatic carbocycles. The van der Waals surface area contributed by atoms with E-state index in [1.807, 2.05) is 4.72 Å². The average molecular weight is 535 g/mol. The van der Waals surface area contributed by atoms with Gasteiger partial charge in [-0.25, -0.2) is 26.7 Å². The minimum absolute atomic E-state index is 0.0419. The maximum Gasteiger partial charge on any atom is 0.282 e. The number of benzene rings is 2. The fraction of sp³-hybridized carbons (Fsp3) is 0.0909. The highest BCUT2D eigenvalue weighted by Crippen LogP contribution is 2.36. The fourth-order valence-electron chi connectivity index (χ4n) is 3.80. The number of carbonyl (C=O) groups is 1. The molecule has 4 N–H and O–H groups in total. The van der Waals surface area contributed by atoms with Crippen molar-refractivity contribution in [3.8, 4) is 11.1 Å². The van der Waals surface area contributed by atoms with Crippen LogP contribution in [0.2, 0.25) is 5.02 Å². The molecule has 4 aromatic rings. The predicted molar refractivity (Wildman–Crippen MR) is 132 cm³/mol. The molecule has 0 bridgehead atoms. The Bertz CT molecular complexity index is 1740. The van der Waals surface area contributed by atoms with Gasteiger partial charge in [0.2, 0.25) is 20.0 Å². The summed E-state index contributed by atoms with van der Waals surface area (Å²) in [5.41, 5.74) is 0.860. The summed E-state index contributed by atoms with van der Waals surface area (Å²) in [5, 5.41) is 5.96. The highest BCUT2D eigenvalue weighted by molar-refractivity contribution is 7.89. The number of nitrogens with one attached hydrogen (secondary N) is 2. The minimum atomic E-state index is -3.94. The Labute approximate surface area is 205 Å². The number of hydrogen-bond donors (Lipinski definition) is 3. The number of aromatic amines is 1. The molecule has 13 heteroatoms. The van der Waals surface area contributed by atoms with Crippen LogP contribution in [-0.2, 0) is 26.6 Å². The number of fused-ring (bicyclic) bond motifs is 1. The van der Waals surface area contributed by atoms with Crippen LogP contribution in [0, 0.1) is 0 Å². The predicted octanol–water partition coefficient (Wildman–Crippen LogP) is 2.04. The maximum atomic E-state index is 13.3. The van der Waals surface area contributed by atoms with E-state index in [9.17, 15) is 26.4 Å². The second-order valence-corrected chi connectivity index (χ2v) is 11.5. The maximum absolute atomic E-state index is 13.3. The van der Waals surface area contributed by atoms with Crippen molar-refractivity contribution in [3.05, 3.63) is 87.4 Å². The van der Waals surface area contributed by atoms with E-state index in [-0.39, 0.29) is 28.3 Å². The van der Waals surface area contributed by atoms with Crippen molar-refractivity contribution in [2.24, 2.45) is 5.14 Å². The fourth-order valence-corrected chi connectivity index (χ4v) is 4.92. The van der Waals surface area contributed by atoms with E-state index in [1.165, 1.54) is 36.5 Å². The number of aromatic nitrogens is 2. The van der Waals surface area contributed by atoms with E-state index >= 15 is 0 Å². The van der Waals surface area contributed by atoms with Gasteiger partial charge in [0.25, 0.3) is 11.5 Å². The second kappa shape index (κ2) is 8.96. The van der Waals surface area contributed by atoms with Crippen molar-refractivity contribution >= 4 is 48.5 Å². The highest BCUT2D eigenvalue weighted by atomic mass is 35.5. The monoisotopic (exact) mass is 534 g/mol. The molecule has 0 spiro atoms. The van der Waals surface area contributed by atoms with Gasteiger partial charge < -0.3 is 9.55 Å². The normalized spacial score (nSPS) is 12.1. The summed E-state index contributed by atoms with van der Waals surface area (Å²) in [4.78, 5) is 28.4. The number of primary sulfonamides is 1. The zero-order chi connectivity index (χ0) is 25.5. The standard InChI is InChI=1S/C22H19ClN4O6S2/c1-34(30,31)26-22(29)20-19(16-3-2-10-25-21(16)28)17-11-14(23)6-9-18(17)27(20)12-13-4-7-15(8-5-13)35(24,32)33/h2-11H,12H2,1H3,(H,25,28)(H,26,29)(H2,24,32,33). The molecule has 0 aliphatic heterocycles. The molecule has 35 heavy (non-hydrogen) atoms. The first-order chi connectivity index (χ1) is 16.3. The molecule has 0 saturated carbocycles. The molecule has 0 aliphatic rings. The van der Waals surface area contributed by atoms with Crippen LogP contribution < -0.4 is 15.4 Å². The average Bonchev–Trinajstić information content (AvgIpc) is 3.06. The van der Waals surface area contributed by atoms with Gasteiger partial charge >= 0.3 is 0 Å². The molecule has 2 aromatic heterocycles. The quantitative estimate of drug-likeness (QED) is 0.343. The summed E-state index contributed by atoms with van der Waals surface area (Å²) in [5.74, 6) is -0.945. The number of H-pyrrole nitrogens is 1. The number of carbonyl (C=O) groups excluding carboxylic acids is 1. The SMILES string of the molecule is CS(=O)(=O)NC(=O)c1c(-c2ccc[nH]c2=O)c2cc(Cl)ccc2n1Cc1ccc(S(N)(=O)=O)cc1. The van der Waals surface area contributed by atoms with Gasteiger partial charge in [0.1, 0.15) is 5.69 Å². The third kappa shape index (κ3) is 5.15. The lowest BCUT2D eigenvalue weighted by Crippen LogP contribution is -2.31. The lowest BCUT2D eigenvalue weighted by molar-refractivity contribution is 0.0974. The summed E-state index contributed by atoms with van der Waals surface area (Å²) >= 11 is 6.23. The number of pyridine rings is 1. The van der Waals surface area contributed by atoms with Gasteiger partial charge in [-0.1, -0.05) is 23.7 Å². The first kappa shape index (κ1) is 24.7. The van der Waals surface area contributed by atoms with E-state index in [0.29, 0.717) is 21.5 Å². The Morgan fingerprint density at radius 3 is 2.37 bits per heavy atom. The van der Waals surface area contributed by atoms with E-state index in [2.05, 4.69) is 4.98 Å². The zero-order valence-electron chi connectivity index (χ0n) is 18.1. The molecular formula is C22H19ClN4O6S2. The van der Waals surface area contributed by atoms with E-state index in [4.69, 9.17) is 16.7 Å². The van der Waals surface area contributed by atoms with Crippen LogP contribution in [0.4, 0.5) is 0 Å². The molecule has 4 rings (SSSR count). The number of nitrogens with zero attached hydrogens (tertiary/aromatic N) is 1. The third-order valence-corrected chi connectivity index (χ3v) is 6.92. The number of rotatable bonds is 6. The Morgan fingerprint density at radius 2 is 1.77 bits per heavy atom. The van der Waals surface area contributed by atoms with Crippen molar-refractivity contribution < 1.29 is 21.6 Å².